The van der Waals surface area contributed by atoms with Crippen LogP contribution in [0.2, 0.25) is 0 Å². The lowest BCUT2D eigenvalue weighted by atomic mass is 10.2. The number of nitrogens with zero attached hydrogens (tertiary/aromatic N) is 2. The second-order valence-corrected chi connectivity index (χ2v) is 3.58. The van der Waals surface area contributed by atoms with Crippen molar-refractivity contribution >= 4 is 5.97 Å². The van der Waals surface area contributed by atoms with E-state index >= 15 is 0 Å². The van der Waals surface area contributed by atoms with E-state index in [4.69, 9.17) is 9.47 Å². The Morgan fingerprint density at radius 1 is 1.22 bits per heavy atom. The number of para-hydroxylation sites is 1. The molecule has 92 valence electrons. The second kappa shape index (κ2) is 5.27. The fourth-order valence-corrected chi connectivity index (χ4v) is 1.50. The van der Waals surface area contributed by atoms with Gasteiger partial charge in [0.25, 0.3) is 0 Å². The first kappa shape index (κ1) is 12.0. The summed E-state index contributed by atoms with van der Waals surface area (Å²) in [6.07, 6.45) is 1.40. The molecule has 0 N–H and O–H groups in total. The lowest BCUT2D eigenvalue weighted by Crippen LogP contribution is -2.08. The van der Waals surface area contributed by atoms with Gasteiger partial charge in [-0.15, -0.1) is 0 Å². The first-order valence-electron chi connectivity index (χ1n) is 5.36. The minimum absolute atomic E-state index is 0.288. The van der Waals surface area contributed by atoms with E-state index in [1.165, 1.54) is 13.3 Å². The van der Waals surface area contributed by atoms with Crippen LogP contribution in [0.25, 0.3) is 0 Å². The highest BCUT2D eigenvalue weighted by molar-refractivity contribution is 5.93. The molecule has 5 heteroatoms. The van der Waals surface area contributed by atoms with Crippen LogP contribution in [0.15, 0.2) is 36.5 Å². The number of ether oxygens (including phenoxy) is 2. The summed E-state index contributed by atoms with van der Waals surface area (Å²) >= 11 is 0. The third-order valence-corrected chi connectivity index (χ3v) is 2.35. The number of benzene rings is 1. The number of rotatable bonds is 3. The summed E-state index contributed by atoms with van der Waals surface area (Å²) < 4.78 is 10.3. The van der Waals surface area contributed by atoms with Crippen molar-refractivity contribution in [1.82, 2.24) is 10.2 Å². The molecule has 0 saturated carbocycles. The number of carbonyl (C=O) groups excluding carboxylic acids is 1. The lowest BCUT2D eigenvalue weighted by Gasteiger charge is -2.10. The molecular weight excluding hydrogens is 232 g/mol. The summed E-state index contributed by atoms with van der Waals surface area (Å²) in [6.45, 7) is 1.68. The van der Waals surface area contributed by atoms with Gasteiger partial charge in [-0.1, -0.05) is 18.2 Å². The Morgan fingerprint density at radius 3 is 2.61 bits per heavy atom. The Balaban J connectivity index is 2.39. The number of aryl methyl sites for hydroxylation is 1. The molecule has 0 aliphatic rings. The van der Waals surface area contributed by atoms with E-state index in [9.17, 15) is 4.79 Å². The van der Waals surface area contributed by atoms with Gasteiger partial charge in [0.05, 0.1) is 19.0 Å². The van der Waals surface area contributed by atoms with E-state index in [1.807, 2.05) is 18.2 Å². The highest BCUT2D eigenvalue weighted by atomic mass is 16.5. The highest BCUT2D eigenvalue weighted by Gasteiger charge is 2.18. The van der Waals surface area contributed by atoms with Crippen LogP contribution in [0.1, 0.15) is 16.1 Å². The fourth-order valence-electron chi connectivity index (χ4n) is 1.50. The van der Waals surface area contributed by atoms with Crippen molar-refractivity contribution in [2.24, 2.45) is 0 Å². The standard InChI is InChI=1S/C13H12N2O3/c1-9-12(13(16)17-2)11(8-14-15-9)18-10-6-4-3-5-7-10/h3-8H,1-2H3. The number of aromatic nitrogens is 2. The predicted octanol–water partition coefficient (Wildman–Crippen LogP) is 2.36. The molecule has 0 spiro atoms. The molecular formula is C13H12N2O3. The molecule has 1 aromatic heterocycles. The minimum atomic E-state index is -0.492. The summed E-state index contributed by atoms with van der Waals surface area (Å²) in [5, 5.41) is 7.59. The van der Waals surface area contributed by atoms with Crippen LogP contribution in [-0.2, 0) is 4.74 Å². The van der Waals surface area contributed by atoms with Crippen LogP contribution in [0.5, 0.6) is 11.5 Å². The summed E-state index contributed by atoms with van der Waals surface area (Å²) in [6, 6.07) is 9.14. The van der Waals surface area contributed by atoms with E-state index < -0.39 is 5.97 Å². The molecule has 1 aromatic carbocycles. The Bertz CT molecular complexity index is 555. The average molecular weight is 244 g/mol. The molecule has 0 amide bonds. The minimum Gasteiger partial charge on any atom is -0.465 e. The van der Waals surface area contributed by atoms with Crippen molar-refractivity contribution < 1.29 is 14.3 Å². The molecule has 0 unspecified atom stereocenters. The Labute approximate surface area is 104 Å². The van der Waals surface area contributed by atoms with E-state index in [0.29, 0.717) is 17.2 Å². The average Bonchev–Trinajstić information content (AvgIpc) is 2.39. The Hall–Kier alpha value is -2.43. The number of methoxy groups -OCH3 is 1. The van der Waals surface area contributed by atoms with E-state index in [-0.39, 0.29) is 5.56 Å². The normalized spacial score (nSPS) is 9.89. The van der Waals surface area contributed by atoms with E-state index in [0.717, 1.165) is 0 Å². The molecule has 1 heterocycles. The van der Waals surface area contributed by atoms with E-state index in [2.05, 4.69) is 10.2 Å². The van der Waals surface area contributed by atoms with Crippen LogP contribution >= 0.6 is 0 Å². The van der Waals surface area contributed by atoms with Gasteiger partial charge in [0.2, 0.25) is 0 Å². The first-order chi connectivity index (χ1) is 8.72. The third kappa shape index (κ3) is 2.45. The molecule has 0 bridgehead atoms. The maximum Gasteiger partial charge on any atom is 0.343 e. The van der Waals surface area contributed by atoms with Crippen LogP contribution in [0.4, 0.5) is 0 Å². The zero-order valence-corrected chi connectivity index (χ0v) is 10.1. The molecule has 0 atom stereocenters. The first-order valence-corrected chi connectivity index (χ1v) is 5.36. The quantitative estimate of drug-likeness (QED) is 0.775. The molecule has 0 saturated heterocycles. The number of hydrogen-bond acceptors (Lipinski definition) is 5. The maximum atomic E-state index is 11.7. The summed E-state index contributed by atoms with van der Waals surface area (Å²) in [4.78, 5) is 11.7. The molecule has 0 fully saturated rings. The Morgan fingerprint density at radius 2 is 1.94 bits per heavy atom. The van der Waals surface area contributed by atoms with E-state index in [1.54, 1.807) is 19.1 Å². The molecule has 2 aromatic rings. The lowest BCUT2D eigenvalue weighted by molar-refractivity contribution is 0.0596. The van der Waals surface area contributed by atoms with Gasteiger partial charge in [-0.25, -0.2) is 4.79 Å². The number of esters is 1. The summed E-state index contributed by atoms with van der Waals surface area (Å²) in [5.41, 5.74) is 0.756. The zero-order chi connectivity index (χ0) is 13.0. The van der Waals surface area contributed by atoms with Crippen molar-refractivity contribution in [2.75, 3.05) is 7.11 Å². The largest absolute Gasteiger partial charge is 0.465 e. The van der Waals surface area contributed by atoms with Gasteiger partial charge in [-0.2, -0.15) is 10.2 Å². The zero-order valence-electron chi connectivity index (χ0n) is 10.1. The highest BCUT2D eigenvalue weighted by Crippen LogP contribution is 2.25. The monoisotopic (exact) mass is 244 g/mol. The predicted molar refractivity (Wildman–Crippen MR) is 64.6 cm³/mol. The summed E-state index contributed by atoms with van der Waals surface area (Å²) in [7, 11) is 1.31. The van der Waals surface area contributed by atoms with Gasteiger partial charge in [-0.3, -0.25) is 0 Å². The van der Waals surface area contributed by atoms with Crippen LogP contribution in [-0.4, -0.2) is 23.3 Å². The number of hydrogen-bond donors (Lipinski definition) is 0. The SMILES string of the molecule is COC(=O)c1c(Oc2ccccc2)cnnc1C. The number of carbonyl (C=O) groups is 1. The topological polar surface area (TPSA) is 61.3 Å². The van der Waals surface area contributed by atoms with Gasteiger partial charge in [-0.05, 0) is 19.1 Å². The molecule has 5 nitrogen and oxygen atoms in total. The molecule has 0 aliphatic heterocycles. The van der Waals surface area contributed by atoms with Crippen LogP contribution < -0.4 is 4.74 Å². The Kier molecular flexibility index (Phi) is 3.52. The van der Waals surface area contributed by atoms with Gasteiger partial charge in [0.1, 0.15) is 11.3 Å². The summed E-state index contributed by atoms with van der Waals surface area (Å²) in [5.74, 6) is 0.462. The van der Waals surface area contributed by atoms with Gasteiger partial charge >= 0.3 is 5.97 Å². The van der Waals surface area contributed by atoms with Crippen molar-refractivity contribution in [3.8, 4) is 11.5 Å². The molecule has 18 heavy (non-hydrogen) atoms. The van der Waals surface area contributed by atoms with Gasteiger partial charge < -0.3 is 9.47 Å². The van der Waals surface area contributed by atoms with Gasteiger partial charge in [0, 0.05) is 0 Å². The van der Waals surface area contributed by atoms with Crippen molar-refractivity contribution in [1.29, 1.82) is 0 Å². The fraction of sp³-hybridized carbons (Fsp3) is 0.154. The smallest absolute Gasteiger partial charge is 0.343 e. The maximum absolute atomic E-state index is 11.7. The van der Waals surface area contributed by atoms with Crippen LogP contribution in [0, 0.1) is 6.92 Å². The molecule has 0 radical (unpaired) electrons. The van der Waals surface area contributed by atoms with Crippen molar-refractivity contribution in [2.45, 2.75) is 6.92 Å². The van der Waals surface area contributed by atoms with Gasteiger partial charge in [0.15, 0.2) is 5.75 Å². The van der Waals surface area contributed by atoms with Crippen molar-refractivity contribution in [3.05, 3.63) is 47.8 Å². The second-order valence-electron chi connectivity index (χ2n) is 3.58. The molecule has 2 rings (SSSR count). The van der Waals surface area contributed by atoms with Crippen LogP contribution in [0.3, 0.4) is 0 Å². The third-order valence-electron chi connectivity index (χ3n) is 2.35. The molecule has 0 aliphatic carbocycles. The van der Waals surface area contributed by atoms with Crippen molar-refractivity contribution in [3.63, 3.8) is 0 Å².